The maximum atomic E-state index is 5.41. The number of hydrogen-bond acceptors (Lipinski definition) is 1. The molecule has 0 bridgehead atoms. The summed E-state index contributed by atoms with van der Waals surface area (Å²) in [5.41, 5.74) is 9.59. The first-order valence-corrected chi connectivity index (χ1v) is 2.78. The Morgan fingerprint density at radius 3 is 2.25 bits per heavy atom. The summed E-state index contributed by atoms with van der Waals surface area (Å²) in [6.45, 7) is 5.92. The second-order valence-electron chi connectivity index (χ2n) is 2.17. The van der Waals surface area contributed by atoms with Crippen LogP contribution in [0.2, 0.25) is 0 Å². The minimum Gasteiger partial charge on any atom is -0.324 e. The summed E-state index contributed by atoms with van der Waals surface area (Å²) in [7, 11) is 0. The van der Waals surface area contributed by atoms with Crippen molar-refractivity contribution >= 4 is 0 Å². The third-order valence-corrected chi connectivity index (χ3v) is 0.635. The fraction of sp³-hybridized carbons (Fsp3) is 0.571. The van der Waals surface area contributed by atoms with E-state index in [4.69, 9.17) is 5.73 Å². The number of hydrogen-bond donors (Lipinski definition) is 1. The van der Waals surface area contributed by atoms with Crippen molar-refractivity contribution in [1.82, 2.24) is 0 Å². The molecule has 0 radical (unpaired) electrons. The molecule has 1 atom stereocenters. The smallest absolute Gasteiger partial charge is 0.0270 e. The summed E-state index contributed by atoms with van der Waals surface area (Å²) in [5, 5.41) is 0. The van der Waals surface area contributed by atoms with Crippen LogP contribution in [-0.4, -0.2) is 6.04 Å². The molecule has 0 heterocycles. The molecule has 0 aromatic carbocycles. The first-order valence-electron chi connectivity index (χ1n) is 2.78. The maximum Gasteiger partial charge on any atom is 0.0270 e. The SMILES string of the molecule is CC(C)=C=CC(C)N. The Labute approximate surface area is 50.9 Å². The lowest BCUT2D eigenvalue weighted by atomic mass is 10.3. The highest BCUT2D eigenvalue weighted by molar-refractivity contribution is 4.96. The Kier molecular flexibility index (Phi) is 3.25. The molecule has 0 rings (SSSR count). The van der Waals surface area contributed by atoms with Gasteiger partial charge in [0.15, 0.2) is 0 Å². The molecule has 0 aliphatic heterocycles. The molecule has 0 aliphatic carbocycles. The van der Waals surface area contributed by atoms with Crippen molar-refractivity contribution < 1.29 is 0 Å². The summed E-state index contributed by atoms with van der Waals surface area (Å²) in [6.07, 6.45) is 1.86. The number of rotatable bonds is 1. The van der Waals surface area contributed by atoms with Gasteiger partial charge in [-0.15, -0.1) is 5.73 Å². The van der Waals surface area contributed by atoms with Crippen LogP contribution in [-0.2, 0) is 0 Å². The van der Waals surface area contributed by atoms with Crippen molar-refractivity contribution in [3.05, 3.63) is 17.4 Å². The molecule has 0 spiro atoms. The predicted octanol–water partition coefficient (Wildman–Crippen LogP) is 1.45. The Morgan fingerprint density at radius 2 is 2.12 bits per heavy atom. The second kappa shape index (κ2) is 3.48. The van der Waals surface area contributed by atoms with Gasteiger partial charge in [0, 0.05) is 6.04 Å². The van der Waals surface area contributed by atoms with Gasteiger partial charge in [0.05, 0.1) is 0 Å². The molecular weight excluding hydrogens is 98.1 g/mol. The lowest BCUT2D eigenvalue weighted by Gasteiger charge is -1.88. The molecule has 8 heavy (non-hydrogen) atoms. The predicted molar refractivity (Wildman–Crippen MR) is 36.6 cm³/mol. The largest absolute Gasteiger partial charge is 0.324 e. The van der Waals surface area contributed by atoms with E-state index in [2.05, 4.69) is 5.73 Å². The van der Waals surface area contributed by atoms with Gasteiger partial charge in [0.2, 0.25) is 0 Å². The Morgan fingerprint density at radius 1 is 1.62 bits per heavy atom. The van der Waals surface area contributed by atoms with Crippen molar-refractivity contribution in [3.8, 4) is 0 Å². The molecule has 1 unspecified atom stereocenters. The first kappa shape index (κ1) is 7.48. The molecular formula is C7H13N. The summed E-state index contributed by atoms with van der Waals surface area (Å²) >= 11 is 0. The van der Waals surface area contributed by atoms with Gasteiger partial charge in [-0.05, 0) is 32.4 Å². The van der Waals surface area contributed by atoms with Crippen LogP contribution in [0.4, 0.5) is 0 Å². The zero-order valence-electron chi connectivity index (χ0n) is 5.73. The van der Waals surface area contributed by atoms with Gasteiger partial charge in [0.1, 0.15) is 0 Å². The molecule has 0 aromatic rings. The lowest BCUT2D eigenvalue weighted by Crippen LogP contribution is -2.09. The molecule has 0 saturated carbocycles. The van der Waals surface area contributed by atoms with Crippen molar-refractivity contribution in [2.75, 3.05) is 0 Å². The van der Waals surface area contributed by atoms with E-state index in [9.17, 15) is 0 Å². The molecule has 0 fully saturated rings. The Bertz CT molecular complexity index is 112. The van der Waals surface area contributed by atoms with Crippen LogP contribution in [0.15, 0.2) is 17.4 Å². The van der Waals surface area contributed by atoms with Gasteiger partial charge in [-0.25, -0.2) is 0 Å². The van der Waals surface area contributed by atoms with Crippen LogP contribution in [0.1, 0.15) is 20.8 Å². The van der Waals surface area contributed by atoms with Crippen LogP contribution in [0, 0.1) is 0 Å². The topological polar surface area (TPSA) is 26.0 Å². The van der Waals surface area contributed by atoms with Crippen LogP contribution < -0.4 is 5.73 Å². The molecule has 1 heteroatoms. The van der Waals surface area contributed by atoms with E-state index in [0.717, 1.165) is 0 Å². The van der Waals surface area contributed by atoms with Crippen LogP contribution >= 0.6 is 0 Å². The van der Waals surface area contributed by atoms with Crippen LogP contribution in [0.25, 0.3) is 0 Å². The fourth-order valence-corrected chi connectivity index (χ4v) is 0.298. The molecule has 0 amide bonds. The summed E-state index contributed by atoms with van der Waals surface area (Å²) in [6, 6.07) is 0.130. The van der Waals surface area contributed by atoms with Gasteiger partial charge >= 0.3 is 0 Å². The van der Waals surface area contributed by atoms with Gasteiger partial charge < -0.3 is 5.73 Å². The normalized spacial score (nSPS) is 12.0. The highest BCUT2D eigenvalue weighted by Crippen LogP contribution is 1.84. The second-order valence-corrected chi connectivity index (χ2v) is 2.17. The van der Waals surface area contributed by atoms with E-state index in [1.165, 1.54) is 5.57 Å². The minimum atomic E-state index is 0.130. The van der Waals surface area contributed by atoms with E-state index >= 15 is 0 Å². The van der Waals surface area contributed by atoms with E-state index in [1.54, 1.807) is 0 Å². The summed E-state index contributed by atoms with van der Waals surface area (Å²) in [4.78, 5) is 0. The van der Waals surface area contributed by atoms with E-state index in [1.807, 2.05) is 26.8 Å². The fourth-order valence-electron chi connectivity index (χ4n) is 0.298. The van der Waals surface area contributed by atoms with Crippen LogP contribution in [0.3, 0.4) is 0 Å². The summed E-state index contributed by atoms with van der Waals surface area (Å²) in [5.74, 6) is 0. The lowest BCUT2D eigenvalue weighted by molar-refractivity contribution is 0.926. The zero-order valence-corrected chi connectivity index (χ0v) is 5.73. The molecule has 0 aromatic heterocycles. The third kappa shape index (κ3) is 5.48. The van der Waals surface area contributed by atoms with E-state index in [0.29, 0.717) is 0 Å². The minimum absolute atomic E-state index is 0.130. The van der Waals surface area contributed by atoms with Crippen LogP contribution in [0.5, 0.6) is 0 Å². The number of nitrogens with two attached hydrogens (primary N) is 1. The standard InChI is InChI=1S/C7H13N/c1-6(2)4-5-7(3)8/h5,7H,8H2,1-3H3. The average Bonchev–Trinajstić information content (AvgIpc) is 1.61. The third-order valence-electron chi connectivity index (χ3n) is 0.635. The molecule has 1 nitrogen and oxygen atoms in total. The van der Waals surface area contributed by atoms with Gasteiger partial charge in [-0.1, -0.05) is 0 Å². The van der Waals surface area contributed by atoms with Crippen molar-refractivity contribution in [3.63, 3.8) is 0 Å². The van der Waals surface area contributed by atoms with E-state index in [-0.39, 0.29) is 6.04 Å². The highest BCUT2D eigenvalue weighted by Gasteiger charge is 1.78. The van der Waals surface area contributed by atoms with Gasteiger partial charge in [-0.3, -0.25) is 0 Å². The first-order chi connectivity index (χ1) is 3.63. The molecule has 0 saturated heterocycles. The van der Waals surface area contributed by atoms with Crippen molar-refractivity contribution in [1.29, 1.82) is 0 Å². The van der Waals surface area contributed by atoms with E-state index < -0.39 is 0 Å². The van der Waals surface area contributed by atoms with Gasteiger partial charge in [-0.2, -0.15) is 0 Å². The monoisotopic (exact) mass is 111 g/mol. The Balaban J connectivity index is 3.82. The molecule has 0 aliphatic rings. The highest BCUT2D eigenvalue weighted by atomic mass is 14.6. The molecule has 46 valence electrons. The van der Waals surface area contributed by atoms with Gasteiger partial charge in [0.25, 0.3) is 0 Å². The average molecular weight is 111 g/mol. The van der Waals surface area contributed by atoms with Crippen molar-refractivity contribution in [2.45, 2.75) is 26.8 Å². The summed E-state index contributed by atoms with van der Waals surface area (Å²) < 4.78 is 0. The molecule has 2 N–H and O–H groups in total. The quantitative estimate of drug-likeness (QED) is 0.509. The van der Waals surface area contributed by atoms with Crippen molar-refractivity contribution in [2.24, 2.45) is 5.73 Å². The Hall–Kier alpha value is -0.520. The zero-order chi connectivity index (χ0) is 6.57. The maximum absolute atomic E-state index is 5.41.